The van der Waals surface area contributed by atoms with Gasteiger partial charge in [0, 0.05) is 54.0 Å². The second-order valence-corrected chi connectivity index (χ2v) is 9.45. The smallest absolute Gasteiger partial charge is 0.326 e. The van der Waals surface area contributed by atoms with Crippen LogP contribution in [0.15, 0.2) is 43.0 Å². The van der Waals surface area contributed by atoms with Gasteiger partial charge in [0.15, 0.2) is 0 Å². The van der Waals surface area contributed by atoms with Crippen molar-refractivity contribution in [3.05, 3.63) is 54.2 Å². The summed E-state index contributed by atoms with van der Waals surface area (Å²) in [5.74, 6) is -4.81. The molecule has 0 radical (unpaired) electrons. The average molecular weight is 574 g/mol. The van der Waals surface area contributed by atoms with E-state index in [9.17, 15) is 29.1 Å². The molecule has 3 amide bonds. The maximum Gasteiger partial charge on any atom is 0.326 e. The van der Waals surface area contributed by atoms with Gasteiger partial charge in [0.25, 0.3) is 0 Å². The number of aliphatic carboxylic acids is 2. The molecule has 9 N–H and O–H groups in total. The Labute approximate surface area is 233 Å². The molecule has 40 heavy (non-hydrogen) atoms. The van der Waals surface area contributed by atoms with Gasteiger partial charge in [-0.2, -0.15) is 12.6 Å². The topological polar surface area (TPSA) is 232 Å². The van der Waals surface area contributed by atoms with Crippen LogP contribution >= 0.6 is 12.6 Å². The zero-order chi connectivity index (χ0) is 29.2. The average Bonchev–Trinajstić information content (AvgIpc) is 3.59. The Hall–Kier alpha value is -4.37. The van der Waals surface area contributed by atoms with Crippen molar-refractivity contribution in [2.24, 2.45) is 5.73 Å². The first kappa shape index (κ1) is 30.2. The Kier molecular flexibility index (Phi) is 10.7. The number of imidazole rings is 1. The molecule has 15 heteroatoms. The van der Waals surface area contributed by atoms with Gasteiger partial charge in [-0.3, -0.25) is 19.2 Å². The van der Waals surface area contributed by atoms with Gasteiger partial charge in [0.1, 0.15) is 18.1 Å². The maximum atomic E-state index is 13.5. The Morgan fingerprint density at radius 3 is 2.20 bits per heavy atom. The first-order chi connectivity index (χ1) is 19.1. The van der Waals surface area contributed by atoms with E-state index >= 15 is 0 Å². The Morgan fingerprint density at radius 1 is 0.925 bits per heavy atom. The SMILES string of the molecule is NC(CS)C(=O)NC(Cc1cnc[nH]1)C(=O)NC(Cc1c[nH]c2ccccc12)C(=O)NC(CCC(=O)O)C(=O)O. The zero-order valence-electron chi connectivity index (χ0n) is 21.3. The fourth-order valence-electron chi connectivity index (χ4n) is 3.99. The summed E-state index contributed by atoms with van der Waals surface area (Å²) in [6.07, 6.45) is 3.67. The molecular weight excluding hydrogens is 542 g/mol. The van der Waals surface area contributed by atoms with Gasteiger partial charge in [0.05, 0.1) is 12.4 Å². The van der Waals surface area contributed by atoms with Gasteiger partial charge >= 0.3 is 11.9 Å². The highest BCUT2D eigenvalue weighted by Gasteiger charge is 2.31. The number of benzene rings is 1. The number of nitrogens with zero attached hydrogens (tertiary/aromatic N) is 1. The number of nitrogens with two attached hydrogens (primary N) is 1. The van der Waals surface area contributed by atoms with Gasteiger partial charge < -0.3 is 41.9 Å². The molecular formula is C25H31N7O7S. The van der Waals surface area contributed by atoms with Gasteiger partial charge in [-0.15, -0.1) is 0 Å². The molecule has 0 bridgehead atoms. The number of rotatable bonds is 15. The molecule has 2 heterocycles. The van der Waals surface area contributed by atoms with Crippen molar-refractivity contribution in [3.63, 3.8) is 0 Å². The fraction of sp³-hybridized carbons (Fsp3) is 0.360. The summed E-state index contributed by atoms with van der Waals surface area (Å²) in [6, 6.07) is 2.35. The Bertz CT molecular complexity index is 1340. The number of carboxylic acid groups (broad SMARTS) is 2. The van der Waals surface area contributed by atoms with E-state index < -0.39 is 60.2 Å². The second-order valence-electron chi connectivity index (χ2n) is 9.09. The van der Waals surface area contributed by atoms with E-state index in [-0.39, 0.29) is 25.0 Å². The molecule has 4 unspecified atom stereocenters. The van der Waals surface area contributed by atoms with Gasteiger partial charge in [0.2, 0.25) is 17.7 Å². The predicted octanol–water partition coefficient (Wildman–Crippen LogP) is -0.663. The minimum absolute atomic E-state index is 0.00531. The van der Waals surface area contributed by atoms with Crippen LogP contribution in [0.2, 0.25) is 0 Å². The number of para-hydroxylation sites is 1. The van der Waals surface area contributed by atoms with E-state index in [1.807, 2.05) is 18.2 Å². The summed E-state index contributed by atoms with van der Waals surface area (Å²) in [6.45, 7) is 0. The lowest BCUT2D eigenvalue weighted by molar-refractivity contribution is -0.143. The van der Waals surface area contributed by atoms with E-state index in [0.717, 1.165) is 10.9 Å². The normalized spacial score (nSPS) is 14.1. The number of hydrogen-bond donors (Lipinski definition) is 9. The third kappa shape index (κ3) is 8.31. The second kappa shape index (κ2) is 14.1. The molecule has 0 aliphatic heterocycles. The molecule has 0 spiro atoms. The van der Waals surface area contributed by atoms with Crippen LogP contribution in [0.3, 0.4) is 0 Å². The Morgan fingerprint density at radius 2 is 1.57 bits per heavy atom. The van der Waals surface area contributed by atoms with E-state index in [4.69, 9.17) is 10.8 Å². The molecule has 214 valence electrons. The highest BCUT2D eigenvalue weighted by molar-refractivity contribution is 7.80. The number of nitrogens with one attached hydrogen (secondary N) is 5. The van der Waals surface area contributed by atoms with E-state index in [0.29, 0.717) is 11.3 Å². The van der Waals surface area contributed by atoms with Crippen LogP contribution in [0.4, 0.5) is 0 Å². The van der Waals surface area contributed by atoms with Crippen molar-refractivity contribution in [2.75, 3.05) is 5.75 Å². The van der Waals surface area contributed by atoms with Crippen molar-refractivity contribution >= 4 is 53.2 Å². The predicted molar refractivity (Wildman–Crippen MR) is 146 cm³/mol. The lowest BCUT2D eigenvalue weighted by Gasteiger charge is -2.25. The van der Waals surface area contributed by atoms with Gasteiger partial charge in [-0.1, -0.05) is 18.2 Å². The summed E-state index contributed by atoms with van der Waals surface area (Å²) < 4.78 is 0. The van der Waals surface area contributed by atoms with E-state index in [1.165, 1.54) is 12.5 Å². The first-order valence-electron chi connectivity index (χ1n) is 12.3. The van der Waals surface area contributed by atoms with Crippen molar-refractivity contribution in [2.45, 2.75) is 49.9 Å². The number of aromatic amines is 2. The lowest BCUT2D eigenvalue weighted by atomic mass is 10.0. The van der Waals surface area contributed by atoms with Crippen LogP contribution in [0, 0.1) is 0 Å². The number of thiol groups is 1. The number of fused-ring (bicyclic) bond motifs is 1. The van der Waals surface area contributed by atoms with Gasteiger partial charge in [-0.25, -0.2) is 9.78 Å². The number of carbonyl (C=O) groups is 5. The molecule has 4 atom stereocenters. The molecule has 2 aromatic heterocycles. The molecule has 14 nitrogen and oxygen atoms in total. The number of H-pyrrole nitrogens is 2. The van der Waals surface area contributed by atoms with E-state index in [2.05, 4.69) is 43.5 Å². The maximum absolute atomic E-state index is 13.5. The summed E-state index contributed by atoms with van der Waals surface area (Å²) in [7, 11) is 0. The van der Waals surface area contributed by atoms with Crippen molar-refractivity contribution < 1.29 is 34.2 Å². The molecule has 3 aromatic rings. The minimum Gasteiger partial charge on any atom is -0.481 e. The highest BCUT2D eigenvalue weighted by atomic mass is 32.1. The fourth-order valence-corrected chi connectivity index (χ4v) is 4.15. The molecule has 0 saturated carbocycles. The largest absolute Gasteiger partial charge is 0.481 e. The zero-order valence-corrected chi connectivity index (χ0v) is 22.2. The lowest BCUT2D eigenvalue weighted by Crippen LogP contribution is -2.58. The number of carboxylic acids is 2. The van der Waals surface area contributed by atoms with Gasteiger partial charge in [-0.05, 0) is 18.1 Å². The third-order valence-corrected chi connectivity index (χ3v) is 6.53. The molecule has 0 fully saturated rings. The third-order valence-electron chi connectivity index (χ3n) is 6.14. The molecule has 0 aliphatic carbocycles. The standard InChI is InChI=1S/C25H31N7O7S/c26-16(11-40)22(35)31-20(8-14-10-27-12-29-14)24(37)32-19(7-13-9-28-17-4-2-1-3-15(13)17)23(36)30-18(25(38)39)5-6-21(33)34/h1-4,9-10,12,16,18-20,28,40H,5-8,11,26H2,(H,27,29)(H,30,36)(H,31,35)(H,32,37)(H,33,34)(H,38,39). The first-order valence-corrected chi connectivity index (χ1v) is 13.0. The molecule has 0 aliphatic rings. The minimum atomic E-state index is -1.50. The quantitative estimate of drug-likeness (QED) is 0.105. The number of carbonyl (C=O) groups excluding carboxylic acids is 3. The number of aromatic nitrogens is 3. The van der Waals surface area contributed by atoms with Crippen LogP contribution in [0.5, 0.6) is 0 Å². The van der Waals surface area contributed by atoms with Crippen molar-refractivity contribution in [1.82, 2.24) is 30.9 Å². The van der Waals surface area contributed by atoms with Crippen LogP contribution < -0.4 is 21.7 Å². The summed E-state index contributed by atoms with van der Waals surface area (Å²) in [5, 5.41) is 26.8. The monoisotopic (exact) mass is 573 g/mol. The van der Waals surface area contributed by atoms with Crippen molar-refractivity contribution in [1.29, 1.82) is 0 Å². The van der Waals surface area contributed by atoms with Crippen LogP contribution in [-0.4, -0.2) is 84.7 Å². The molecule has 1 aromatic carbocycles. The number of amides is 3. The highest BCUT2D eigenvalue weighted by Crippen LogP contribution is 2.19. The summed E-state index contributed by atoms with van der Waals surface area (Å²) in [4.78, 5) is 71.8. The number of hydrogen-bond acceptors (Lipinski definition) is 8. The molecule has 3 rings (SSSR count). The van der Waals surface area contributed by atoms with Crippen LogP contribution in [0.25, 0.3) is 10.9 Å². The molecule has 0 saturated heterocycles. The summed E-state index contributed by atoms with van der Waals surface area (Å²) >= 11 is 4.01. The summed E-state index contributed by atoms with van der Waals surface area (Å²) in [5.41, 5.74) is 7.74. The van der Waals surface area contributed by atoms with Crippen molar-refractivity contribution in [3.8, 4) is 0 Å². The van der Waals surface area contributed by atoms with Crippen LogP contribution in [0.1, 0.15) is 24.1 Å². The Balaban J connectivity index is 1.87. The van der Waals surface area contributed by atoms with Crippen LogP contribution in [-0.2, 0) is 36.8 Å². The van der Waals surface area contributed by atoms with E-state index in [1.54, 1.807) is 12.3 Å².